The average Bonchev–Trinajstić information content (AvgIpc) is 3.06. The molecular formula is C26H25N3O4. The highest BCUT2D eigenvalue weighted by molar-refractivity contribution is 6.46. The molecule has 0 spiro atoms. The van der Waals surface area contributed by atoms with Gasteiger partial charge in [-0.25, -0.2) is 0 Å². The number of rotatable bonds is 6. The Balaban J connectivity index is 1.81. The number of likely N-dealkylation sites (tertiary alicyclic amines) is 1. The third-order valence-corrected chi connectivity index (χ3v) is 5.43. The van der Waals surface area contributed by atoms with E-state index >= 15 is 0 Å². The molecule has 3 aromatic rings. The van der Waals surface area contributed by atoms with Gasteiger partial charge in [0.15, 0.2) is 0 Å². The van der Waals surface area contributed by atoms with Crippen LogP contribution in [0.3, 0.4) is 0 Å². The van der Waals surface area contributed by atoms with E-state index in [4.69, 9.17) is 4.74 Å². The predicted octanol–water partition coefficient (Wildman–Crippen LogP) is 4.19. The van der Waals surface area contributed by atoms with E-state index in [9.17, 15) is 14.7 Å². The molecule has 1 N–H and O–H groups in total. The van der Waals surface area contributed by atoms with Crippen molar-refractivity contribution in [2.75, 3.05) is 0 Å². The number of aliphatic hydroxyl groups is 1. The Bertz CT molecular complexity index is 1210. The number of carbonyl (C=O) groups is 2. The van der Waals surface area contributed by atoms with Gasteiger partial charge in [-0.05, 0) is 67.8 Å². The fraction of sp³-hybridized carbons (Fsp3) is 0.231. The van der Waals surface area contributed by atoms with Crippen LogP contribution in [-0.2, 0) is 16.1 Å². The number of hydrogen-bond acceptors (Lipinski definition) is 6. The molecular weight excluding hydrogens is 418 g/mol. The SMILES string of the molecule is Cc1cc(C(O)=C2C(=O)C(=O)N(Cc3cccnc3)C2c2cccnc2)ccc1OC(C)C. The largest absolute Gasteiger partial charge is 0.507 e. The summed E-state index contributed by atoms with van der Waals surface area (Å²) >= 11 is 0. The van der Waals surface area contributed by atoms with Crippen molar-refractivity contribution in [1.29, 1.82) is 0 Å². The van der Waals surface area contributed by atoms with Crippen molar-refractivity contribution < 1.29 is 19.4 Å². The summed E-state index contributed by atoms with van der Waals surface area (Å²) in [6, 6.07) is 11.6. The molecule has 4 rings (SSSR count). The molecule has 0 radical (unpaired) electrons. The van der Waals surface area contributed by atoms with Gasteiger partial charge in [0, 0.05) is 36.9 Å². The summed E-state index contributed by atoms with van der Waals surface area (Å²) in [5.74, 6) is -0.936. The first-order valence-corrected chi connectivity index (χ1v) is 10.7. The normalized spacial score (nSPS) is 17.6. The summed E-state index contributed by atoms with van der Waals surface area (Å²) in [7, 11) is 0. The molecule has 0 aliphatic carbocycles. The summed E-state index contributed by atoms with van der Waals surface area (Å²) in [5.41, 5.74) is 2.71. The Labute approximate surface area is 192 Å². The fourth-order valence-corrected chi connectivity index (χ4v) is 3.95. The maximum atomic E-state index is 13.1. The number of benzene rings is 1. The van der Waals surface area contributed by atoms with Crippen LogP contribution in [0.1, 0.15) is 42.1 Å². The van der Waals surface area contributed by atoms with Crippen molar-refractivity contribution in [1.82, 2.24) is 14.9 Å². The summed E-state index contributed by atoms with van der Waals surface area (Å²) in [6.07, 6.45) is 6.52. The average molecular weight is 444 g/mol. The lowest BCUT2D eigenvalue weighted by Gasteiger charge is -2.25. The van der Waals surface area contributed by atoms with E-state index in [2.05, 4.69) is 9.97 Å². The molecule has 1 unspecified atom stereocenters. The minimum Gasteiger partial charge on any atom is -0.507 e. The van der Waals surface area contributed by atoms with Crippen molar-refractivity contribution in [3.05, 3.63) is 95.1 Å². The quantitative estimate of drug-likeness (QED) is 0.349. The van der Waals surface area contributed by atoms with Gasteiger partial charge in [-0.2, -0.15) is 0 Å². The lowest BCUT2D eigenvalue weighted by atomic mass is 9.95. The van der Waals surface area contributed by atoms with E-state index in [1.165, 1.54) is 4.90 Å². The lowest BCUT2D eigenvalue weighted by Crippen LogP contribution is -2.29. The van der Waals surface area contributed by atoms with Crippen LogP contribution in [0.2, 0.25) is 0 Å². The van der Waals surface area contributed by atoms with Crippen molar-refractivity contribution in [3.63, 3.8) is 0 Å². The fourth-order valence-electron chi connectivity index (χ4n) is 3.95. The minimum atomic E-state index is -0.772. The third kappa shape index (κ3) is 4.48. The molecule has 1 atom stereocenters. The van der Waals surface area contributed by atoms with Gasteiger partial charge < -0.3 is 14.7 Å². The first kappa shape index (κ1) is 22.2. The van der Waals surface area contributed by atoms with Crippen LogP contribution in [0.15, 0.2) is 72.8 Å². The molecule has 1 amide bonds. The smallest absolute Gasteiger partial charge is 0.295 e. The maximum absolute atomic E-state index is 13.1. The molecule has 168 valence electrons. The number of aryl methyl sites for hydroxylation is 1. The first-order valence-electron chi connectivity index (χ1n) is 10.7. The number of aliphatic hydroxyl groups excluding tert-OH is 1. The molecule has 33 heavy (non-hydrogen) atoms. The van der Waals surface area contributed by atoms with Crippen molar-refractivity contribution in [2.24, 2.45) is 0 Å². The van der Waals surface area contributed by atoms with Gasteiger partial charge in [-0.15, -0.1) is 0 Å². The molecule has 0 saturated carbocycles. The van der Waals surface area contributed by atoms with Crippen LogP contribution < -0.4 is 4.74 Å². The molecule has 1 aromatic carbocycles. The Morgan fingerprint density at radius 1 is 1.09 bits per heavy atom. The summed E-state index contributed by atoms with van der Waals surface area (Å²) in [4.78, 5) is 35.9. The second kappa shape index (κ2) is 9.24. The maximum Gasteiger partial charge on any atom is 0.295 e. The number of ether oxygens (including phenoxy) is 1. The van der Waals surface area contributed by atoms with Gasteiger partial charge in [0.25, 0.3) is 11.7 Å². The molecule has 7 heteroatoms. The summed E-state index contributed by atoms with van der Waals surface area (Å²) in [6.45, 7) is 5.92. The zero-order valence-electron chi connectivity index (χ0n) is 18.7. The van der Waals surface area contributed by atoms with E-state index in [1.807, 2.05) is 26.8 Å². The molecule has 3 heterocycles. The second-order valence-corrected chi connectivity index (χ2v) is 8.22. The zero-order chi connectivity index (χ0) is 23.5. The molecule has 7 nitrogen and oxygen atoms in total. The van der Waals surface area contributed by atoms with Crippen LogP contribution >= 0.6 is 0 Å². The second-order valence-electron chi connectivity index (χ2n) is 8.22. The number of hydrogen-bond donors (Lipinski definition) is 1. The number of pyridine rings is 2. The van der Waals surface area contributed by atoms with Crippen LogP contribution in [0.25, 0.3) is 5.76 Å². The Morgan fingerprint density at radius 3 is 2.42 bits per heavy atom. The van der Waals surface area contributed by atoms with Crippen molar-refractivity contribution >= 4 is 17.4 Å². The van der Waals surface area contributed by atoms with E-state index in [1.54, 1.807) is 61.2 Å². The Hall–Kier alpha value is -4.00. The zero-order valence-corrected chi connectivity index (χ0v) is 18.7. The number of nitrogens with zero attached hydrogens (tertiary/aromatic N) is 3. The lowest BCUT2D eigenvalue weighted by molar-refractivity contribution is -0.140. The number of carbonyl (C=O) groups excluding carboxylic acids is 2. The van der Waals surface area contributed by atoms with Crippen molar-refractivity contribution in [2.45, 2.75) is 39.5 Å². The van der Waals surface area contributed by atoms with Gasteiger partial charge in [-0.3, -0.25) is 19.6 Å². The minimum absolute atomic E-state index is 0.00604. The number of Topliss-reactive ketones (excluding diaryl/α,β-unsaturated/α-hetero) is 1. The molecule has 1 fully saturated rings. The van der Waals surface area contributed by atoms with E-state index in [-0.39, 0.29) is 24.0 Å². The van der Waals surface area contributed by atoms with Gasteiger partial charge in [-0.1, -0.05) is 12.1 Å². The highest BCUT2D eigenvalue weighted by Gasteiger charge is 2.46. The van der Waals surface area contributed by atoms with Crippen LogP contribution in [0, 0.1) is 6.92 Å². The van der Waals surface area contributed by atoms with E-state index in [0.29, 0.717) is 16.9 Å². The Morgan fingerprint density at radius 2 is 1.82 bits per heavy atom. The number of ketones is 1. The van der Waals surface area contributed by atoms with E-state index in [0.717, 1.165) is 11.1 Å². The molecule has 1 saturated heterocycles. The predicted molar refractivity (Wildman–Crippen MR) is 123 cm³/mol. The van der Waals surface area contributed by atoms with Crippen LogP contribution in [-0.4, -0.2) is 37.8 Å². The monoisotopic (exact) mass is 443 g/mol. The highest BCUT2D eigenvalue weighted by atomic mass is 16.5. The third-order valence-electron chi connectivity index (χ3n) is 5.43. The molecule has 1 aliphatic rings. The molecule has 1 aliphatic heterocycles. The first-order chi connectivity index (χ1) is 15.9. The summed E-state index contributed by atoms with van der Waals surface area (Å²) in [5, 5.41) is 11.2. The Kier molecular flexibility index (Phi) is 6.22. The highest BCUT2D eigenvalue weighted by Crippen LogP contribution is 2.40. The van der Waals surface area contributed by atoms with Crippen LogP contribution in [0.5, 0.6) is 5.75 Å². The van der Waals surface area contributed by atoms with Crippen LogP contribution in [0.4, 0.5) is 0 Å². The molecule has 2 aromatic heterocycles. The summed E-state index contributed by atoms with van der Waals surface area (Å²) < 4.78 is 5.78. The van der Waals surface area contributed by atoms with Gasteiger partial charge in [0.2, 0.25) is 0 Å². The number of aromatic nitrogens is 2. The van der Waals surface area contributed by atoms with Gasteiger partial charge >= 0.3 is 0 Å². The van der Waals surface area contributed by atoms with Gasteiger partial charge in [0.1, 0.15) is 11.5 Å². The number of amides is 1. The molecule has 0 bridgehead atoms. The topological polar surface area (TPSA) is 92.6 Å². The van der Waals surface area contributed by atoms with Gasteiger partial charge in [0.05, 0.1) is 17.7 Å². The van der Waals surface area contributed by atoms with E-state index < -0.39 is 17.7 Å². The standard InChI is InChI=1S/C26H25N3O4/c1-16(2)33-21-9-8-19(12-17(21)3)24(30)22-23(20-7-5-11-28-14-20)29(26(32)25(22)31)15-18-6-4-10-27-13-18/h4-14,16,23,30H,15H2,1-3H3. The van der Waals surface area contributed by atoms with Crippen molar-refractivity contribution in [3.8, 4) is 5.75 Å².